The van der Waals surface area contributed by atoms with Crippen molar-refractivity contribution in [3.05, 3.63) is 35.9 Å². The SMILES string of the molecule is O=C(NC(CO)c1ccccc1)C1CCCC1. The van der Waals surface area contributed by atoms with Crippen molar-refractivity contribution < 1.29 is 9.90 Å². The maximum Gasteiger partial charge on any atom is 0.223 e. The minimum Gasteiger partial charge on any atom is -0.394 e. The molecule has 92 valence electrons. The summed E-state index contributed by atoms with van der Waals surface area (Å²) in [6.07, 6.45) is 4.26. The van der Waals surface area contributed by atoms with Gasteiger partial charge in [0.1, 0.15) is 0 Å². The van der Waals surface area contributed by atoms with E-state index in [4.69, 9.17) is 0 Å². The molecule has 0 heterocycles. The van der Waals surface area contributed by atoms with Gasteiger partial charge < -0.3 is 10.4 Å². The van der Waals surface area contributed by atoms with Gasteiger partial charge in [0, 0.05) is 5.92 Å². The maximum absolute atomic E-state index is 12.0. The first-order valence-electron chi connectivity index (χ1n) is 6.27. The number of amides is 1. The Kier molecular flexibility index (Phi) is 4.15. The van der Waals surface area contributed by atoms with Crippen molar-refractivity contribution in [2.24, 2.45) is 5.92 Å². The summed E-state index contributed by atoms with van der Waals surface area (Å²) in [6, 6.07) is 9.34. The molecule has 0 radical (unpaired) electrons. The predicted molar refractivity (Wildman–Crippen MR) is 66.4 cm³/mol. The van der Waals surface area contributed by atoms with Crippen LogP contribution in [-0.2, 0) is 4.79 Å². The summed E-state index contributed by atoms with van der Waals surface area (Å²) in [5, 5.41) is 12.3. The largest absolute Gasteiger partial charge is 0.394 e. The predicted octanol–water partition coefficient (Wildman–Crippen LogP) is 2.03. The van der Waals surface area contributed by atoms with Gasteiger partial charge in [-0.2, -0.15) is 0 Å². The second-order valence-corrected chi connectivity index (χ2v) is 4.64. The number of hydrogen-bond donors (Lipinski definition) is 2. The van der Waals surface area contributed by atoms with Gasteiger partial charge in [-0.15, -0.1) is 0 Å². The van der Waals surface area contributed by atoms with Crippen LogP contribution in [-0.4, -0.2) is 17.6 Å². The molecule has 17 heavy (non-hydrogen) atoms. The first kappa shape index (κ1) is 12.1. The number of nitrogens with one attached hydrogen (secondary N) is 1. The Balaban J connectivity index is 1.97. The molecule has 1 fully saturated rings. The zero-order valence-corrected chi connectivity index (χ0v) is 9.93. The molecule has 0 aliphatic heterocycles. The fourth-order valence-corrected chi connectivity index (χ4v) is 2.40. The van der Waals surface area contributed by atoms with Gasteiger partial charge in [-0.1, -0.05) is 43.2 Å². The van der Waals surface area contributed by atoms with Crippen LogP contribution >= 0.6 is 0 Å². The van der Waals surface area contributed by atoms with E-state index >= 15 is 0 Å². The van der Waals surface area contributed by atoms with Gasteiger partial charge in [0.2, 0.25) is 5.91 Å². The topological polar surface area (TPSA) is 49.3 Å². The molecule has 0 bridgehead atoms. The molecule has 1 aromatic rings. The van der Waals surface area contributed by atoms with Crippen LogP contribution in [0.2, 0.25) is 0 Å². The fourth-order valence-electron chi connectivity index (χ4n) is 2.40. The second-order valence-electron chi connectivity index (χ2n) is 4.64. The molecular weight excluding hydrogens is 214 g/mol. The minimum atomic E-state index is -0.274. The zero-order chi connectivity index (χ0) is 12.1. The van der Waals surface area contributed by atoms with Gasteiger partial charge in [-0.3, -0.25) is 4.79 Å². The van der Waals surface area contributed by atoms with Crippen LogP contribution in [0.4, 0.5) is 0 Å². The van der Waals surface area contributed by atoms with Crippen LogP contribution in [0, 0.1) is 5.92 Å². The lowest BCUT2D eigenvalue weighted by Crippen LogP contribution is -2.34. The number of rotatable bonds is 4. The van der Waals surface area contributed by atoms with E-state index in [0.717, 1.165) is 31.2 Å². The van der Waals surface area contributed by atoms with Crippen LogP contribution in [0.25, 0.3) is 0 Å². The van der Waals surface area contributed by atoms with Gasteiger partial charge in [0.15, 0.2) is 0 Å². The first-order chi connectivity index (χ1) is 8.31. The summed E-state index contributed by atoms with van der Waals surface area (Å²) in [5.41, 5.74) is 0.960. The van der Waals surface area contributed by atoms with Crippen molar-refractivity contribution in [1.82, 2.24) is 5.32 Å². The molecule has 1 amide bonds. The van der Waals surface area contributed by atoms with Crippen molar-refractivity contribution in [3.63, 3.8) is 0 Å². The number of aliphatic hydroxyl groups is 1. The molecule has 1 saturated carbocycles. The summed E-state index contributed by atoms with van der Waals surface area (Å²) in [6.45, 7) is -0.0531. The van der Waals surface area contributed by atoms with E-state index in [-0.39, 0.29) is 24.5 Å². The Morgan fingerprint density at radius 1 is 1.29 bits per heavy atom. The third-order valence-electron chi connectivity index (χ3n) is 3.43. The Morgan fingerprint density at radius 3 is 2.53 bits per heavy atom. The van der Waals surface area contributed by atoms with Crippen LogP contribution in [0.15, 0.2) is 30.3 Å². The highest BCUT2D eigenvalue weighted by molar-refractivity contribution is 5.79. The minimum absolute atomic E-state index is 0.0531. The first-order valence-corrected chi connectivity index (χ1v) is 6.27. The Labute approximate surface area is 102 Å². The molecule has 0 aromatic heterocycles. The van der Waals surface area contributed by atoms with E-state index in [9.17, 15) is 9.90 Å². The molecule has 1 atom stereocenters. The average Bonchev–Trinajstić information content (AvgIpc) is 2.90. The van der Waals surface area contributed by atoms with Gasteiger partial charge in [0.05, 0.1) is 12.6 Å². The van der Waals surface area contributed by atoms with E-state index in [2.05, 4.69) is 5.32 Å². The molecule has 0 spiro atoms. The van der Waals surface area contributed by atoms with Crippen LogP contribution in [0.3, 0.4) is 0 Å². The molecule has 2 N–H and O–H groups in total. The lowest BCUT2D eigenvalue weighted by molar-refractivity contribution is -0.125. The number of benzene rings is 1. The molecular formula is C14H19NO2. The fraction of sp³-hybridized carbons (Fsp3) is 0.500. The van der Waals surface area contributed by atoms with Crippen LogP contribution < -0.4 is 5.32 Å². The van der Waals surface area contributed by atoms with E-state index in [1.807, 2.05) is 30.3 Å². The molecule has 1 aliphatic rings. The lowest BCUT2D eigenvalue weighted by Gasteiger charge is -2.19. The molecule has 1 unspecified atom stereocenters. The summed E-state index contributed by atoms with van der Waals surface area (Å²) >= 11 is 0. The van der Waals surface area contributed by atoms with Crippen LogP contribution in [0.5, 0.6) is 0 Å². The molecule has 0 saturated heterocycles. The maximum atomic E-state index is 12.0. The number of hydrogen-bond acceptors (Lipinski definition) is 2. The highest BCUT2D eigenvalue weighted by Crippen LogP contribution is 2.25. The monoisotopic (exact) mass is 233 g/mol. The third-order valence-corrected chi connectivity index (χ3v) is 3.43. The van der Waals surface area contributed by atoms with Gasteiger partial charge in [0.25, 0.3) is 0 Å². The summed E-state index contributed by atoms with van der Waals surface area (Å²) in [7, 11) is 0. The summed E-state index contributed by atoms with van der Waals surface area (Å²) in [4.78, 5) is 12.0. The molecule has 2 rings (SSSR count). The zero-order valence-electron chi connectivity index (χ0n) is 9.93. The Bertz CT molecular complexity index is 358. The van der Waals surface area contributed by atoms with Crippen molar-refractivity contribution in [3.8, 4) is 0 Å². The lowest BCUT2D eigenvalue weighted by atomic mass is 10.0. The van der Waals surface area contributed by atoms with E-state index in [0.29, 0.717) is 0 Å². The normalized spacial score (nSPS) is 17.9. The van der Waals surface area contributed by atoms with Crippen molar-refractivity contribution in [2.45, 2.75) is 31.7 Å². The standard InChI is InChI=1S/C14H19NO2/c16-10-13(11-6-2-1-3-7-11)15-14(17)12-8-4-5-9-12/h1-3,6-7,12-13,16H,4-5,8-10H2,(H,15,17). The van der Waals surface area contributed by atoms with Gasteiger partial charge in [-0.05, 0) is 18.4 Å². The molecule has 3 heteroatoms. The highest BCUT2D eigenvalue weighted by Gasteiger charge is 2.24. The van der Waals surface area contributed by atoms with Crippen molar-refractivity contribution >= 4 is 5.91 Å². The number of carbonyl (C=O) groups is 1. The van der Waals surface area contributed by atoms with Gasteiger partial charge in [-0.25, -0.2) is 0 Å². The molecule has 1 aromatic carbocycles. The summed E-state index contributed by atoms with van der Waals surface area (Å²) < 4.78 is 0. The Morgan fingerprint density at radius 2 is 1.94 bits per heavy atom. The van der Waals surface area contributed by atoms with Crippen LogP contribution in [0.1, 0.15) is 37.3 Å². The van der Waals surface area contributed by atoms with Crippen molar-refractivity contribution in [1.29, 1.82) is 0 Å². The van der Waals surface area contributed by atoms with E-state index in [1.54, 1.807) is 0 Å². The Hall–Kier alpha value is -1.35. The van der Waals surface area contributed by atoms with Crippen molar-refractivity contribution in [2.75, 3.05) is 6.61 Å². The van der Waals surface area contributed by atoms with E-state index < -0.39 is 0 Å². The van der Waals surface area contributed by atoms with Gasteiger partial charge >= 0.3 is 0 Å². The number of carbonyl (C=O) groups excluding carboxylic acids is 1. The number of aliphatic hydroxyl groups excluding tert-OH is 1. The summed E-state index contributed by atoms with van der Waals surface area (Å²) in [5.74, 6) is 0.234. The quantitative estimate of drug-likeness (QED) is 0.836. The molecule has 1 aliphatic carbocycles. The highest BCUT2D eigenvalue weighted by atomic mass is 16.3. The molecule has 3 nitrogen and oxygen atoms in total. The second kappa shape index (κ2) is 5.82. The average molecular weight is 233 g/mol. The van der Waals surface area contributed by atoms with E-state index in [1.165, 1.54) is 0 Å². The third kappa shape index (κ3) is 3.07. The smallest absolute Gasteiger partial charge is 0.223 e.